The van der Waals surface area contributed by atoms with E-state index < -0.39 is 0 Å². The van der Waals surface area contributed by atoms with Gasteiger partial charge in [0.2, 0.25) is 0 Å². The molecule has 2 aromatic rings. The molecule has 0 atom stereocenters. The fourth-order valence-corrected chi connectivity index (χ4v) is 2.32. The van der Waals surface area contributed by atoms with Gasteiger partial charge >= 0.3 is 0 Å². The van der Waals surface area contributed by atoms with Crippen LogP contribution in [0.2, 0.25) is 0 Å². The van der Waals surface area contributed by atoms with E-state index in [-0.39, 0.29) is 5.78 Å². The number of Topliss-reactive ketones (excluding diaryl/α,β-unsaturated/α-hetero) is 1. The van der Waals surface area contributed by atoms with Gasteiger partial charge in [-0.1, -0.05) is 40.2 Å². The number of ketones is 1. The monoisotopic (exact) mass is 334 g/mol. The summed E-state index contributed by atoms with van der Waals surface area (Å²) in [5.41, 5.74) is 1.49. The van der Waals surface area contributed by atoms with Gasteiger partial charge < -0.3 is 9.47 Å². The summed E-state index contributed by atoms with van der Waals surface area (Å²) in [6.07, 6.45) is 0. The van der Waals surface area contributed by atoms with Crippen molar-refractivity contribution in [2.45, 2.75) is 13.5 Å². The Morgan fingerprint density at radius 1 is 1.10 bits per heavy atom. The molecule has 0 aliphatic carbocycles. The Bertz CT molecular complexity index is 623. The Labute approximate surface area is 126 Å². The van der Waals surface area contributed by atoms with E-state index in [1.165, 1.54) is 6.92 Å². The fraction of sp³-hybridized carbons (Fsp3) is 0.188. The van der Waals surface area contributed by atoms with Crippen LogP contribution in [0.5, 0.6) is 11.5 Å². The molecular weight excluding hydrogens is 320 g/mol. The maximum absolute atomic E-state index is 11.8. The third kappa shape index (κ3) is 3.20. The van der Waals surface area contributed by atoms with Gasteiger partial charge in [-0.15, -0.1) is 0 Å². The first-order chi connectivity index (χ1) is 9.63. The molecule has 0 spiro atoms. The van der Waals surface area contributed by atoms with Crippen LogP contribution in [-0.4, -0.2) is 12.9 Å². The lowest BCUT2D eigenvalue weighted by molar-refractivity contribution is 0.101. The van der Waals surface area contributed by atoms with Gasteiger partial charge in [-0.2, -0.15) is 0 Å². The van der Waals surface area contributed by atoms with Crippen LogP contribution in [0, 0.1) is 0 Å². The van der Waals surface area contributed by atoms with Gasteiger partial charge in [-0.05, 0) is 25.1 Å². The molecule has 0 radical (unpaired) electrons. The molecule has 2 rings (SSSR count). The predicted molar refractivity (Wildman–Crippen MR) is 81.5 cm³/mol. The van der Waals surface area contributed by atoms with Crippen LogP contribution in [0.25, 0.3) is 0 Å². The zero-order valence-electron chi connectivity index (χ0n) is 11.4. The molecule has 4 heteroatoms. The van der Waals surface area contributed by atoms with Gasteiger partial charge in [0, 0.05) is 10.0 Å². The zero-order chi connectivity index (χ0) is 14.5. The molecule has 0 N–H and O–H groups in total. The first kappa shape index (κ1) is 14.6. The number of methoxy groups -OCH3 is 1. The summed E-state index contributed by atoms with van der Waals surface area (Å²) in [4.78, 5) is 11.8. The quantitative estimate of drug-likeness (QED) is 0.767. The average Bonchev–Trinajstić information content (AvgIpc) is 2.45. The number of halogens is 1. The van der Waals surface area contributed by atoms with E-state index in [0.29, 0.717) is 23.7 Å². The van der Waals surface area contributed by atoms with Gasteiger partial charge in [0.15, 0.2) is 5.78 Å². The molecule has 0 aliphatic heterocycles. The molecule has 2 aromatic carbocycles. The minimum atomic E-state index is -0.0791. The van der Waals surface area contributed by atoms with Crippen molar-refractivity contribution in [3.8, 4) is 11.5 Å². The van der Waals surface area contributed by atoms with Crippen molar-refractivity contribution < 1.29 is 14.3 Å². The molecule has 0 saturated carbocycles. The second kappa shape index (κ2) is 6.57. The summed E-state index contributed by atoms with van der Waals surface area (Å²) in [5.74, 6) is 0.985. The van der Waals surface area contributed by atoms with Crippen LogP contribution in [-0.2, 0) is 6.61 Å². The molecule has 3 nitrogen and oxygen atoms in total. The van der Waals surface area contributed by atoms with E-state index in [0.717, 1.165) is 10.0 Å². The van der Waals surface area contributed by atoms with Crippen molar-refractivity contribution in [1.29, 1.82) is 0 Å². The second-order valence-electron chi connectivity index (χ2n) is 4.27. The molecule has 0 amide bonds. The smallest absolute Gasteiger partial charge is 0.167 e. The number of hydrogen-bond acceptors (Lipinski definition) is 3. The molecule has 0 unspecified atom stereocenters. The van der Waals surface area contributed by atoms with Crippen LogP contribution in [0.1, 0.15) is 22.8 Å². The van der Waals surface area contributed by atoms with Gasteiger partial charge in [-0.3, -0.25) is 4.79 Å². The largest absolute Gasteiger partial charge is 0.496 e. The number of rotatable bonds is 5. The third-order valence-electron chi connectivity index (χ3n) is 2.90. The molecular formula is C16H15BrO3. The van der Waals surface area contributed by atoms with Crippen LogP contribution >= 0.6 is 15.9 Å². The highest BCUT2D eigenvalue weighted by Gasteiger charge is 2.15. The lowest BCUT2D eigenvalue weighted by atomic mass is 10.1. The highest BCUT2D eigenvalue weighted by atomic mass is 79.9. The van der Waals surface area contributed by atoms with E-state index in [4.69, 9.17) is 9.47 Å². The maximum atomic E-state index is 11.8. The Morgan fingerprint density at radius 3 is 2.45 bits per heavy atom. The lowest BCUT2D eigenvalue weighted by Crippen LogP contribution is -2.04. The Hall–Kier alpha value is -1.81. The summed E-state index contributed by atoms with van der Waals surface area (Å²) in [6, 6.07) is 13.1. The van der Waals surface area contributed by atoms with Gasteiger partial charge in [0.1, 0.15) is 23.7 Å². The Kier molecular flexibility index (Phi) is 4.79. The first-order valence-corrected chi connectivity index (χ1v) is 6.97. The number of carbonyl (C=O) groups is 1. The number of ether oxygens (including phenoxy) is 2. The molecule has 0 aromatic heterocycles. The maximum Gasteiger partial charge on any atom is 0.167 e. The van der Waals surface area contributed by atoms with Crippen LogP contribution in [0.15, 0.2) is 46.9 Å². The summed E-state index contributed by atoms with van der Waals surface area (Å²) in [7, 11) is 1.54. The fourth-order valence-electron chi connectivity index (χ4n) is 1.92. The van der Waals surface area contributed by atoms with Gasteiger partial charge in [-0.25, -0.2) is 0 Å². The molecule has 20 heavy (non-hydrogen) atoms. The van der Waals surface area contributed by atoms with Gasteiger partial charge in [0.25, 0.3) is 0 Å². The van der Waals surface area contributed by atoms with Crippen molar-refractivity contribution in [1.82, 2.24) is 0 Å². The first-order valence-electron chi connectivity index (χ1n) is 6.17. The second-order valence-corrected chi connectivity index (χ2v) is 5.12. The number of benzene rings is 2. The number of hydrogen-bond donors (Lipinski definition) is 0. The van der Waals surface area contributed by atoms with E-state index in [2.05, 4.69) is 15.9 Å². The summed E-state index contributed by atoms with van der Waals surface area (Å²) in [5, 5.41) is 0. The van der Waals surface area contributed by atoms with Crippen molar-refractivity contribution in [3.63, 3.8) is 0 Å². The van der Waals surface area contributed by atoms with Crippen molar-refractivity contribution in [2.24, 2.45) is 0 Å². The molecule has 0 saturated heterocycles. The van der Waals surface area contributed by atoms with Crippen molar-refractivity contribution >= 4 is 21.7 Å². The Morgan fingerprint density at radius 2 is 1.80 bits per heavy atom. The van der Waals surface area contributed by atoms with Crippen LogP contribution in [0.3, 0.4) is 0 Å². The molecule has 104 valence electrons. The van der Waals surface area contributed by atoms with E-state index in [9.17, 15) is 4.79 Å². The average molecular weight is 335 g/mol. The topological polar surface area (TPSA) is 35.5 Å². The molecule has 0 fully saturated rings. The molecule has 0 aliphatic rings. The SMILES string of the molecule is COc1cccc(OCc2ccccc2Br)c1C(C)=O. The standard InChI is InChI=1S/C16H15BrO3/c1-11(18)16-14(19-2)8-5-9-15(16)20-10-12-6-3-4-7-13(12)17/h3-9H,10H2,1-2H3. The number of carbonyl (C=O) groups excluding carboxylic acids is 1. The third-order valence-corrected chi connectivity index (χ3v) is 3.67. The lowest BCUT2D eigenvalue weighted by Gasteiger charge is -2.13. The van der Waals surface area contributed by atoms with Crippen LogP contribution in [0.4, 0.5) is 0 Å². The van der Waals surface area contributed by atoms with E-state index in [1.54, 1.807) is 25.3 Å². The molecule has 0 bridgehead atoms. The molecule has 0 heterocycles. The van der Waals surface area contributed by atoms with Crippen LogP contribution < -0.4 is 9.47 Å². The predicted octanol–water partition coefficient (Wildman–Crippen LogP) is 4.24. The Balaban J connectivity index is 2.26. The summed E-state index contributed by atoms with van der Waals surface area (Å²) < 4.78 is 12.0. The highest BCUT2D eigenvalue weighted by molar-refractivity contribution is 9.10. The van der Waals surface area contributed by atoms with Crippen molar-refractivity contribution in [3.05, 3.63) is 58.1 Å². The van der Waals surface area contributed by atoms with Crippen molar-refractivity contribution in [2.75, 3.05) is 7.11 Å². The van der Waals surface area contributed by atoms with Gasteiger partial charge in [0.05, 0.1) is 7.11 Å². The summed E-state index contributed by atoms with van der Waals surface area (Å²) >= 11 is 3.47. The highest BCUT2D eigenvalue weighted by Crippen LogP contribution is 2.30. The van der Waals surface area contributed by atoms with E-state index >= 15 is 0 Å². The minimum absolute atomic E-state index is 0.0791. The summed E-state index contributed by atoms with van der Waals surface area (Å²) in [6.45, 7) is 1.89. The normalized spacial score (nSPS) is 10.2. The zero-order valence-corrected chi connectivity index (χ0v) is 12.9. The minimum Gasteiger partial charge on any atom is -0.496 e. The van der Waals surface area contributed by atoms with E-state index in [1.807, 2.05) is 24.3 Å².